The van der Waals surface area contributed by atoms with E-state index in [1.807, 2.05) is 0 Å². The van der Waals surface area contributed by atoms with Crippen molar-refractivity contribution in [2.24, 2.45) is 0 Å². The average molecular weight is 321 g/mol. The van der Waals surface area contributed by atoms with Crippen LogP contribution in [0.15, 0.2) is 30.3 Å². The number of nitrogens with zero attached hydrogens (tertiary/aromatic N) is 2. The van der Waals surface area contributed by atoms with Crippen LogP contribution in [-0.4, -0.2) is 48.5 Å². The van der Waals surface area contributed by atoms with Crippen LogP contribution in [0.3, 0.4) is 0 Å². The van der Waals surface area contributed by atoms with E-state index in [0.29, 0.717) is 10.8 Å². The third-order valence-electron chi connectivity index (χ3n) is 3.67. The van der Waals surface area contributed by atoms with Gasteiger partial charge in [-0.05, 0) is 25.0 Å². The van der Waals surface area contributed by atoms with Gasteiger partial charge in [0, 0.05) is 13.1 Å². The van der Waals surface area contributed by atoms with Crippen LogP contribution in [0.1, 0.15) is 25.7 Å². The van der Waals surface area contributed by atoms with Gasteiger partial charge in [0.25, 0.3) is 0 Å². The van der Waals surface area contributed by atoms with Crippen LogP contribution in [-0.2, 0) is 4.74 Å². The highest BCUT2D eigenvalue weighted by Gasteiger charge is 2.16. The number of benzene rings is 1. The zero-order valence-electron chi connectivity index (χ0n) is 13.1. The number of rotatable bonds is 4. The third-order valence-corrected chi connectivity index (χ3v) is 3.67. The standard InChI is InChI=1S/C16H23N3O4/c20-15(18-11-6-1-2-7-12-18)17-10-13-23-16(21)19(22)14-8-4-3-5-9-14/h3-5,8-9,22H,1-2,6-7,10-13H2,(H,17,20). The van der Waals surface area contributed by atoms with E-state index in [-0.39, 0.29) is 19.2 Å². The summed E-state index contributed by atoms with van der Waals surface area (Å²) in [5.41, 5.74) is 0.325. The fraction of sp³-hybridized carbons (Fsp3) is 0.500. The maximum atomic E-state index is 12.0. The molecular weight excluding hydrogens is 298 g/mol. The Hall–Kier alpha value is -2.28. The van der Waals surface area contributed by atoms with Gasteiger partial charge < -0.3 is 15.0 Å². The van der Waals surface area contributed by atoms with Gasteiger partial charge in [-0.1, -0.05) is 31.0 Å². The van der Waals surface area contributed by atoms with Crippen molar-refractivity contribution in [3.63, 3.8) is 0 Å². The molecule has 1 aliphatic rings. The van der Waals surface area contributed by atoms with E-state index in [9.17, 15) is 14.8 Å². The Morgan fingerprint density at radius 2 is 1.78 bits per heavy atom. The molecule has 23 heavy (non-hydrogen) atoms. The number of amides is 3. The minimum Gasteiger partial charge on any atom is -0.446 e. The lowest BCUT2D eigenvalue weighted by atomic mass is 10.2. The van der Waals surface area contributed by atoms with Gasteiger partial charge in [0.2, 0.25) is 0 Å². The number of hydrogen-bond donors (Lipinski definition) is 2. The minimum atomic E-state index is -0.875. The molecule has 1 fully saturated rings. The number of urea groups is 1. The van der Waals surface area contributed by atoms with Gasteiger partial charge in [-0.3, -0.25) is 5.21 Å². The van der Waals surface area contributed by atoms with Crippen LogP contribution in [0, 0.1) is 0 Å². The number of hydroxylamine groups is 1. The van der Waals surface area contributed by atoms with Gasteiger partial charge in [0.1, 0.15) is 6.61 Å². The van der Waals surface area contributed by atoms with Crippen molar-refractivity contribution >= 4 is 17.8 Å². The Bertz CT molecular complexity index is 501. The first-order valence-electron chi connectivity index (χ1n) is 7.92. The Kier molecular flexibility index (Phi) is 6.68. The molecule has 0 saturated carbocycles. The highest BCUT2D eigenvalue weighted by molar-refractivity contribution is 5.84. The number of likely N-dealkylation sites (tertiary alicyclic amines) is 1. The van der Waals surface area contributed by atoms with Crippen molar-refractivity contribution in [1.82, 2.24) is 10.2 Å². The van der Waals surface area contributed by atoms with Crippen LogP contribution in [0.5, 0.6) is 0 Å². The second-order valence-electron chi connectivity index (χ2n) is 5.39. The molecule has 2 rings (SSSR count). The van der Waals surface area contributed by atoms with Crippen molar-refractivity contribution in [2.45, 2.75) is 25.7 Å². The Balaban J connectivity index is 1.66. The number of hydrogen-bond acceptors (Lipinski definition) is 4. The van der Waals surface area contributed by atoms with Crippen LogP contribution in [0.2, 0.25) is 0 Å². The quantitative estimate of drug-likeness (QED) is 0.507. The van der Waals surface area contributed by atoms with Gasteiger partial charge >= 0.3 is 12.1 Å². The lowest BCUT2D eigenvalue weighted by molar-refractivity contribution is 0.120. The topological polar surface area (TPSA) is 82.1 Å². The molecule has 0 aliphatic carbocycles. The highest BCUT2D eigenvalue weighted by atomic mass is 16.6. The molecule has 0 radical (unpaired) electrons. The molecule has 0 unspecified atom stereocenters. The number of ether oxygens (including phenoxy) is 1. The van der Waals surface area contributed by atoms with Crippen LogP contribution < -0.4 is 10.4 Å². The van der Waals surface area contributed by atoms with E-state index in [1.54, 1.807) is 35.2 Å². The van der Waals surface area contributed by atoms with Crippen molar-refractivity contribution in [3.05, 3.63) is 30.3 Å². The van der Waals surface area contributed by atoms with Gasteiger partial charge in [0.05, 0.1) is 12.2 Å². The van der Waals surface area contributed by atoms with Crippen LogP contribution in [0.4, 0.5) is 15.3 Å². The van der Waals surface area contributed by atoms with Gasteiger partial charge in [-0.15, -0.1) is 0 Å². The molecule has 3 amide bonds. The maximum absolute atomic E-state index is 12.0. The fourth-order valence-corrected chi connectivity index (χ4v) is 2.42. The molecule has 126 valence electrons. The van der Waals surface area contributed by atoms with Crippen molar-refractivity contribution in [3.8, 4) is 0 Å². The van der Waals surface area contributed by atoms with Crippen LogP contribution >= 0.6 is 0 Å². The zero-order chi connectivity index (χ0) is 16.5. The van der Waals surface area contributed by atoms with E-state index >= 15 is 0 Å². The Morgan fingerprint density at radius 3 is 2.43 bits per heavy atom. The molecule has 0 aromatic heterocycles. The summed E-state index contributed by atoms with van der Waals surface area (Å²) in [6.07, 6.45) is 3.50. The van der Waals surface area contributed by atoms with Crippen molar-refractivity contribution in [2.75, 3.05) is 31.3 Å². The normalized spacial score (nSPS) is 14.7. The summed E-state index contributed by atoms with van der Waals surface area (Å²) in [6.45, 7) is 1.75. The molecule has 2 N–H and O–H groups in total. The largest absolute Gasteiger partial charge is 0.446 e. The summed E-state index contributed by atoms with van der Waals surface area (Å²) >= 11 is 0. The number of carbonyl (C=O) groups is 2. The summed E-state index contributed by atoms with van der Waals surface area (Å²) in [4.78, 5) is 25.4. The first-order chi connectivity index (χ1) is 11.2. The van der Waals surface area contributed by atoms with E-state index in [2.05, 4.69) is 5.32 Å². The summed E-state index contributed by atoms with van der Waals surface area (Å²) < 4.78 is 4.92. The van der Waals surface area contributed by atoms with Crippen molar-refractivity contribution < 1.29 is 19.5 Å². The smallest absolute Gasteiger partial charge is 0.438 e. The molecule has 7 nitrogen and oxygen atoms in total. The molecule has 1 aliphatic heterocycles. The monoisotopic (exact) mass is 321 g/mol. The molecule has 1 aromatic carbocycles. The highest BCUT2D eigenvalue weighted by Crippen LogP contribution is 2.11. The third kappa shape index (κ3) is 5.45. The van der Waals surface area contributed by atoms with Crippen LogP contribution in [0.25, 0.3) is 0 Å². The summed E-state index contributed by atoms with van der Waals surface area (Å²) in [5.74, 6) is 0. The zero-order valence-corrected chi connectivity index (χ0v) is 13.1. The number of nitrogens with one attached hydrogen (secondary N) is 1. The number of para-hydroxylation sites is 1. The van der Waals surface area contributed by atoms with Gasteiger partial charge in [0.15, 0.2) is 0 Å². The second-order valence-corrected chi connectivity index (χ2v) is 5.39. The average Bonchev–Trinajstić information content (AvgIpc) is 2.88. The molecule has 1 aromatic rings. The molecule has 0 bridgehead atoms. The molecule has 0 atom stereocenters. The molecule has 0 spiro atoms. The number of carbonyl (C=O) groups excluding carboxylic acids is 2. The fourth-order valence-electron chi connectivity index (χ4n) is 2.42. The number of anilines is 1. The summed E-state index contributed by atoms with van der Waals surface area (Å²) in [5, 5.41) is 12.9. The molecule has 7 heteroatoms. The predicted molar refractivity (Wildman–Crippen MR) is 85.5 cm³/mol. The molecular formula is C16H23N3O4. The Morgan fingerprint density at radius 1 is 1.13 bits per heavy atom. The Labute approximate surface area is 135 Å². The summed E-state index contributed by atoms with van der Waals surface area (Å²) in [6, 6.07) is 8.22. The van der Waals surface area contributed by atoms with Gasteiger partial charge in [-0.25, -0.2) is 9.59 Å². The second kappa shape index (κ2) is 8.99. The molecule has 1 saturated heterocycles. The van der Waals surface area contributed by atoms with Gasteiger partial charge in [-0.2, -0.15) is 5.06 Å². The first kappa shape index (κ1) is 17.1. The summed E-state index contributed by atoms with van der Waals surface area (Å²) in [7, 11) is 0. The van der Waals surface area contributed by atoms with E-state index in [4.69, 9.17) is 4.74 Å². The van der Waals surface area contributed by atoms with E-state index < -0.39 is 6.09 Å². The van der Waals surface area contributed by atoms with E-state index in [0.717, 1.165) is 38.8 Å². The lowest BCUT2D eigenvalue weighted by Gasteiger charge is -2.21. The lowest BCUT2D eigenvalue weighted by Crippen LogP contribution is -2.42. The van der Waals surface area contributed by atoms with E-state index in [1.165, 1.54) is 0 Å². The molecule has 1 heterocycles. The SMILES string of the molecule is O=C(NCCOC(=O)N(O)c1ccccc1)N1CCCCCC1. The minimum absolute atomic E-state index is 0.00229. The van der Waals surface area contributed by atoms with Crippen molar-refractivity contribution in [1.29, 1.82) is 0 Å². The first-order valence-corrected chi connectivity index (χ1v) is 7.92. The predicted octanol–water partition coefficient (Wildman–Crippen LogP) is 2.60. The maximum Gasteiger partial charge on any atom is 0.438 e.